The molecule has 0 saturated heterocycles. The van der Waals surface area contributed by atoms with E-state index in [9.17, 15) is 18.7 Å². The molecule has 1 aliphatic rings. The fourth-order valence-electron chi connectivity index (χ4n) is 1.78. The lowest BCUT2D eigenvalue weighted by atomic mass is 10.1. The average Bonchev–Trinajstić information content (AvgIpc) is 2.86. The van der Waals surface area contributed by atoms with E-state index in [0.717, 1.165) is 0 Å². The smallest absolute Gasteiger partial charge is 0.251 e. The van der Waals surface area contributed by atoms with Gasteiger partial charge in [0, 0.05) is 18.5 Å². The van der Waals surface area contributed by atoms with Gasteiger partial charge in [-0.2, -0.15) is 0 Å². The van der Waals surface area contributed by atoms with Crippen molar-refractivity contribution in [1.82, 2.24) is 4.98 Å². The van der Waals surface area contributed by atoms with Crippen LogP contribution in [0.3, 0.4) is 0 Å². The number of rotatable bonds is 5. The summed E-state index contributed by atoms with van der Waals surface area (Å²) in [7, 11) is 0. The van der Waals surface area contributed by atoms with Gasteiger partial charge < -0.3 is 10.4 Å². The molecular formula is C12H14F2N2O2. The number of nitrogens with zero attached hydrogens (tertiary/aromatic N) is 1. The van der Waals surface area contributed by atoms with Crippen LogP contribution in [0.2, 0.25) is 0 Å². The van der Waals surface area contributed by atoms with E-state index in [1.165, 1.54) is 6.20 Å². The number of carbonyl (C=O) groups excluding carboxylic acids is 1. The van der Waals surface area contributed by atoms with Crippen molar-refractivity contribution in [2.75, 3.05) is 5.32 Å². The molecule has 1 aliphatic carbocycles. The van der Waals surface area contributed by atoms with Crippen molar-refractivity contribution in [2.45, 2.75) is 31.3 Å². The van der Waals surface area contributed by atoms with Crippen molar-refractivity contribution < 1.29 is 18.7 Å². The molecule has 4 nitrogen and oxygen atoms in total. The summed E-state index contributed by atoms with van der Waals surface area (Å²) in [4.78, 5) is 15.4. The first-order valence-corrected chi connectivity index (χ1v) is 5.74. The standard InChI is InChI=1S/C12H14F2N2O2/c13-12(14)7-8(12)5-9(17)6-11(18)16-10-3-1-2-4-15-10/h1-4,8-9,17H,5-7H2,(H,15,16,18). The van der Waals surface area contributed by atoms with Crippen LogP contribution in [0, 0.1) is 5.92 Å². The minimum atomic E-state index is -2.65. The molecule has 0 spiro atoms. The molecule has 18 heavy (non-hydrogen) atoms. The number of hydrogen-bond acceptors (Lipinski definition) is 3. The normalized spacial score (nSPS) is 22.3. The summed E-state index contributed by atoms with van der Waals surface area (Å²) in [5, 5.41) is 12.0. The fraction of sp³-hybridized carbons (Fsp3) is 0.500. The molecule has 2 atom stereocenters. The second-order valence-electron chi connectivity index (χ2n) is 4.52. The van der Waals surface area contributed by atoms with E-state index in [2.05, 4.69) is 10.3 Å². The first-order valence-electron chi connectivity index (χ1n) is 5.74. The lowest BCUT2D eigenvalue weighted by Gasteiger charge is -2.10. The second kappa shape index (κ2) is 4.97. The Hall–Kier alpha value is -1.56. The van der Waals surface area contributed by atoms with Crippen molar-refractivity contribution in [2.24, 2.45) is 5.92 Å². The third kappa shape index (κ3) is 3.46. The maximum atomic E-state index is 12.6. The Morgan fingerprint density at radius 1 is 1.61 bits per heavy atom. The molecule has 0 bridgehead atoms. The van der Waals surface area contributed by atoms with Crippen LogP contribution in [0.4, 0.5) is 14.6 Å². The van der Waals surface area contributed by atoms with Gasteiger partial charge in [-0.3, -0.25) is 4.79 Å². The van der Waals surface area contributed by atoms with Gasteiger partial charge in [0.05, 0.1) is 12.5 Å². The predicted molar refractivity (Wildman–Crippen MR) is 61.2 cm³/mol. The molecule has 6 heteroatoms. The average molecular weight is 256 g/mol. The Balaban J connectivity index is 1.74. The van der Waals surface area contributed by atoms with E-state index in [0.29, 0.717) is 5.82 Å². The van der Waals surface area contributed by atoms with Crippen molar-refractivity contribution >= 4 is 11.7 Å². The Morgan fingerprint density at radius 3 is 2.89 bits per heavy atom. The molecular weight excluding hydrogens is 242 g/mol. The summed E-state index contributed by atoms with van der Waals surface area (Å²) in [5.41, 5.74) is 0. The van der Waals surface area contributed by atoms with Gasteiger partial charge in [-0.15, -0.1) is 0 Å². The van der Waals surface area contributed by atoms with Crippen LogP contribution in [0.1, 0.15) is 19.3 Å². The molecule has 1 aromatic rings. The number of pyridine rings is 1. The van der Waals surface area contributed by atoms with Crippen LogP contribution in [-0.4, -0.2) is 28.0 Å². The van der Waals surface area contributed by atoms with Crippen molar-refractivity contribution in [3.05, 3.63) is 24.4 Å². The first-order chi connectivity index (χ1) is 8.47. The van der Waals surface area contributed by atoms with Crippen molar-refractivity contribution in [3.63, 3.8) is 0 Å². The molecule has 2 unspecified atom stereocenters. The number of aliphatic hydroxyl groups is 1. The maximum absolute atomic E-state index is 12.6. The van der Waals surface area contributed by atoms with Gasteiger partial charge in [0.25, 0.3) is 5.92 Å². The Labute approximate surface area is 103 Å². The molecule has 1 amide bonds. The van der Waals surface area contributed by atoms with Gasteiger partial charge in [0.1, 0.15) is 5.82 Å². The van der Waals surface area contributed by atoms with E-state index in [1.54, 1.807) is 18.2 Å². The third-order valence-corrected chi connectivity index (χ3v) is 2.87. The Morgan fingerprint density at radius 2 is 2.33 bits per heavy atom. The maximum Gasteiger partial charge on any atom is 0.251 e. The van der Waals surface area contributed by atoms with E-state index >= 15 is 0 Å². The molecule has 1 fully saturated rings. The van der Waals surface area contributed by atoms with E-state index in [-0.39, 0.29) is 19.3 Å². The molecule has 1 saturated carbocycles. The predicted octanol–water partition coefficient (Wildman–Crippen LogP) is 1.82. The first kappa shape index (κ1) is 12.9. The largest absolute Gasteiger partial charge is 0.393 e. The van der Waals surface area contributed by atoms with Gasteiger partial charge in [-0.1, -0.05) is 6.07 Å². The zero-order valence-corrected chi connectivity index (χ0v) is 9.64. The molecule has 2 rings (SSSR count). The van der Waals surface area contributed by atoms with Crippen LogP contribution in [0.25, 0.3) is 0 Å². The highest BCUT2D eigenvalue weighted by molar-refractivity contribution is 5.89. The SMILES string of the molecule is O=C(CC(O)CC1CC1(F)F)Nc1ccccn1. The van der Waals surface area contributed by atoms with Crippen LogP contribution >= 0.6 is 0 Å². The molecule has 98 valence electrons. The van der Waals surface area contributed by atoms with Gasteiger partial charge in [0.15, 0.2) is 0 Å². The number of aliphatic hydroxyl groups excluding tert-OH is 1. The van der Waals surface area contributed by atoms with Crippen LogP contribution in [0.15, 0.2) is 24.4 Å². The van der Waals surface area contributed by atoms with E-state index in [4.69, 9.17) is 0 Å². The number of anilines is 1. The van der Waals surface area contributed by atoms with Crippen LogP contribution in [-0.2, 0) is 4.79 Å². The summed E-state index contributed by atoms with van der Waals surface area (Å²) in [6.45, 7) is 0. The second-order valence-corrected chi connectivity index (χ2v) is 4.52. The number of nitrogens with one attached hydrogen (secondary N) is 1. The van der Waals surface area contributed by atoms with Crippen LogP contribution in [0.5, 0.6) is 0 Å². The Bertz CT molecular complexity index is 425. The zero-order chi connectivity index (χ0) is 13.2. The topological polar surface area (TPSA) is 62.2 Å². The molecule has 0 aromatic carbocycles. The third-order valence-electron chi connectivity index (χ3n) is 2.87. The van der Waals surface area contributed by atoms with Gasteiger partial charge in [-0.05, 0) is 18.6 Å². The molecule has 2 N–H and O–H groups in total. The fourth-order valence-corrected chi connectivity index (χ4v) is 1.78. The molecule has 1 heterocycles. The van der Waals surface area contributed by atoms with E-state index < -0.39 is 23.9 Å². The Kier molecular flexibility index (Phi) is 3.56. The van der Waals surface area contributed by atoms with Gasteiger partial charge in [0.2, 0.25) is 5.91 Å². The highest BCUT2D eigenvalue weighted by Gasteiger charge is 2.56. The number of amides is 1. The summed E-state index contributed by atoms with van der Waals surface area (Å²) in [6.07, 6.45) is 0.0706. The lowest BCUT2D eigenvalue weighted by Crippen LogP contribution is -2.21. The summed E-state index contributed by atoms with van der Waals surface area (Å²) in [5.74, 6) is -3.48. The minimum absolute atomic E-state index is 0.0390. The number of halogens is 2. The van der Waals surface area contributed by atoms with Gasteiger partial charge in [-0.25, -0.2) is 13.8 Å². The quantitative estimate of drug-likeness (QED) is 0.844. The lowest BCUT2D eigenvalue weighted by molar-refractivity contribution is -0.118. The van der Waals surface area contributed by atoms with Crippen LogP contribution < -0.4 is 5.32 Å². The van der Waals surface area contributed by atoms with Gasteiger partial charge >= 0.3 is 0 Å². The number of carbonyl (C=O) groups is 1. The number of alkyl halides is 2. The molecule has 0 aliphatic heterocycles. The zero-order valence-electron chi connectivity index (χ0n) is 9.64. The summed E-state index contributed by atoms with van der Waals surface area (Å²) in [6, 6.07) is 5.03. The van der Waals surface area contributed by atoms with Crippen molar-refractivity contribution in [1.29, 1.82) is 0 Å². The highest BCUT2D eigenvalue weighted by atomic mass is 19.3. The minimum Gasteiger partial charge on any atom is -0.393 e. The van der Waals surface area contributed by atoms with Crippen molar-refractivity contribution in [3.8, 4) is 0 Å². The monoisotopic (exact) mass is 256 g/mol. The van der Waals surface area contributed by atoms with E-state index in [1.807, 2.05) is 0 Å². The highest BCUT2D eigenvalue weighted by Crippen LogP contribution is 2.51. The number of aromatic nitrogens is 1. The number of hydrogen-bond donors (Lipinski definition) is 2. The molecule has 0 radical (unpaired) electrons. The summed E-state index contributed by atoms with van der Waals surface area (Å²) < 4.78 is 25.2. The molecule has 1 aromatic heterocycles. The summed E-state index contributed by atoms with van der Waals surface area (Å²) >= 11 is 0.